The molecular weight excluding hydrogens is 593 g/mol. The fourth-order valence-corrected chi connectivity index (χ4v) is 7.53. The number of rotatable bonds is 6. The number of hydrogen-bond donors (Lipinski definition) is 1. The van der Waals surface area contributed by atoms with Gasteiger partial charge in [0.2, 0.25) is 0 Å². The smallest absolute Gasteiger partial charge is 0.0619 e. The summed E-state index contributed by atoms with van der Waals surface area (Å²) < 4.78 is 2.46. The van der Waals surface area contributed by atoms with Crippen molar-refractivity contribution in [2.24, 2.45) is 5.73 Å². The summed E-state index contributed by atoms with van der Waals surface area (Å²) in [5, 5.41) is 10.0. The summed E-state index contributed by atoms with van der Waals surface area (Å²) in [6.07, 6.45) is 8.44. The molecule has 0 aliphatic heterocycles. The van der Waals surface area contributed by atoms with Crippen LogP contribution in [-0.4, -0.2) is 4.57 Å². The molecule has 2 N–H and O–H groups in total. The second kappa shape index (κ2) is 12.0. The van der Waals surface area contributed by atoms with Gasteiger partial charge in [-0.15, -0.1) is 0 Å². The monoisotopic (exact) mass is 626 g/mol. The lowest BCUT2D eigenvalue weighted by atomic mass is 9.93. The average Bonchev–Trinajstić information content (AvgIpc) is 3.50. The van der Waals surface area contributed by atoms with Crippen LogP contribution in [0.2, 0.25) is 0 Å². The Kier molecular flexibility index (Phi) is 7.06. The van der Waals surface area contributed by atoms with Crippen molar-refractivity contribution in [3.05, 3.63) is 188 Å². The molecule has 8 aromatic carbocycles. The summed E-state index contributed by atoms with van der Waals surface area (Å²) in [7, 11) is 0. The molecular formula is C47H34N2. The zero-order chi connectivity index (χ0) is 32.7. The normalized spacial score (nSPS) is 12.1. The molecule has 0 saturated heterocycles. The Labute approximate surface area is 285 Å². The molecule has 0 spiro atoms. The first-order valence-electron chi connectivity index (χ1n) is 16.9. The summed E-state index contributed by atoms with van der Waals surface area (Å²) in [4.78, 5) is 0. The van der Waals surface area contributed by atoms with Crippen LogP contribution in [0, 0.1) is 0 Å². The highest BCUT2D eigenvalue weighted by Crippen LogP contribution is 2.40. The lowest BCUT2D eigenvalue weighted by Crippen LogP contribution is -1.94. The average molecular weight is 627 g/mol. The lowest BCUT2D eigenvalue weighted by molar-refractivity contribution is 1.19. The molecule has 0 unspecified atom stereocenters. The zero-order valence-corrected chi connectivity index (χ0v) is 27.1. The van der Waals surface area contributed by atoms with Crippen LogP contribution in [0.1, 0.15) is 5.56 Å². The zero-order valence-electron chi connectivity index (χ0n) is 27.1. The van der Waals surface area contributed by atoms with Gasteiger partial charge in [-0.1, -0.05) is 140 Å². The molecule has 0 fully saturated rings. The van der Waals surface area contributed by atoms with E-state index in [0.29, 0.717) is 0 Å². The van der Waals surface area contributed by atoms with Gasteiger partial charge in [0.05, 0.1) is 11.0 Å². The number of benzene rings is 8. The molecule has 0 atom stereocenters. The molecule has 0 saturated carbocycles. The number of hydrogen-bond acceptors (Lipinski definition) is 1. The summed E-state index contributed by atoms with van der Waals surface area (Å²) in [6, 6.07) is 57.9. The fraction of sp³-hybridized carbons (Fsp3) is 0.0213. The maximum Gasteiger partial charge on any atom is 0.0619 e. The van der Waals surface area contributed by atoms with Gasteiger partial charge in [0.25, 0.3) is 0 Å². The summed E-state index contributed by atoms with van der Waals surface area (Å²) >= 11 is 0. The van der Waals surface area contributed by atoms with E-state index in [-0.39, 0.29) is 0 Å². The van der Waals surface area contributed by atoms with E-state index in [1.807, 2.05) is 12.2 Å². The maximum absolute atomic E-state index is 5.53. The van der Waals surface area contributed by atoms with Gasteiger partial charge >= 0.3 is 0 Å². The summed E-state index contributed by atoms with van der Waals surface area (Å²) in [5.41, 5.74) is 15.3. The highest BCUT2D eigenvalue weighted by atomic mass is 15.0. The van der Waals surface area contributed by atoms with Crippen molar-refractivity contribution in [2.75, 3.05) is 0 Å². The minimum absolute atomic E-state index is 0.849. The second-order valence-electron chi connectivity index (χ2n) is 12.7. The summed E-state index contributed by atoms with van der Waals surface area (Å²) in [5.74, 6) is 0. The van der Waals surface area contributed by atoms with Crippen LogP contribution in [-0.2, 0) is 6.42 Å². The van der Waals surface area contributed by atoms with Crippen LogP contribution in [0.5, 0.6) is 0 Å². The molecule has 232 valence electrons. The number of nitrogens with two attached hydrogens (primary N) is 1. The first kappa shape index (κ1) is 28.8. The Balaban J connectivity index is 1.24. The number of para-hydroxylation sites is 1. The highest BCUT2D eigenvalue weighted by Gasteiger charge is 2.17. The Bertz CT molecular complexity index is 2750. The van der Waals surface area contributed by atoms with Gasteiger partial charge < -0.3 is 10.3 Å². The van der Waals surface area contributed by atoms with E-state index in [9.17, 15) is 0 Å². The quantitative estimate of drug-likeness (QED) is 0.183. The van der Waals surface area contributed by atoms with Crippen LogP contribution in [0.15, 0.2) is 182 Å². The molecule has 1 heterocycles. The van der Waals surface area contributed by atoms with Crippen molar-refractivity contribution in [2.45, 2.75) is 6.42 Å². The van der Waals surface area contributed by atoms with E-state index in [4.69, 9.17) is 5.73 Å². The maximum atomic E-state index is 5.53. The van der Waals surface area contributed by atoms with Gasteiger partial charge in [0.15, 0.2) is 0 Å². The van der Waals surface area contributed by atoms with Crippen LogP contribution >= 0.6 is 0 Å². The lowest BCUT2D eigenvalue weighted by Gasteiger charge is -2.13. The molecule has 0 radical (unpaired) electrons. The topological polar surface area (TPSA) is 30.9 Å². The van der Waals surface area contributed by atoms with Gasteiger partial charge in [0, 0.05) is 21.8 Å². The molecule has 1 aromatic heterocycles. The Hall–Kier alpha value is -6.38. The SMILES string of the molecule is N/C=C\C=C/Cc1ccc(-c2ccc3c4ccc5cc(-c6ccc7ccccc7c6)ccc5c4n(-c4ccccc4)c3c2)c2ccccc12. The second-order valence-corrected chi connectivity index (χ2v) is 12.7. The Morgan fingerprint density at radius 1 is 0.469 bits per heavy atom. The predicted octanol–water partition coefficient (Wildman–Crippen LogP) is 12.1. The van der Waals surface area contributed by atoms with Crippen molar-refractivity contribution in [1.82, 2.24) is 4.57 Å². The van der Waals surface area contributed by atoms with E-state index < -0.39 is 0 Å². The van der Waals surface area contributed by atoms with Crippen LogP contribution in [0.4, 0.5) is 0 Å². The van der Waals surface area contributed by atoms with Crippen molar-refractivity contribution in [1.29, 1.82) is 0 Å². The Morgan fingerprint density at radius 2 is 1.14 bits per heavy atom. The van der Waals surface area contributed by atoms with Gasteiger partial charge in [-0.2, -0.15) is 0 Å². The molecule has 2 heteroatoms. The third-order valence-electron chi connectivity index (χ3n) is 9.86. The van der Waals surface area contributed by atoms with Gasteiger partial charge in [-0.05, 0) is 104 Å². The van der Waals surface area contributed by atoms with Crippen LogP contribution in [0.25, 0.3) is 82.1 Å². The van der Waals surface area contributed by atoms with Gasteiger partial charge in [-0.3, -0.25) is 0 Å². The van der Waals surface area contributed by atoms with E-state index in [2.05, 4.69) is 168 Å². The first-order chi connectivity index (χ1) is 24.3. The highest BCUT2D eigenvalue weighted by molar-refractivity contribution is 6.19. The van der Waals surface area contributed by atoms with Crippen molar-refractivity contribution < 1.29 is 0 Å². The molecule has 9 rings (SSSR count). The van der Waals surface area contributed by atoms with Gasteiger partial charge in [-0.25, -0.2) is 0 Å². The Morgan fingerprint density at radius 3 is 2.00 bits per heavy atom. The minimum Gasteiger partial charge on any atom is -0.405 e. The third-order valence-corrected chi connectivity index (χ3v) is 9.86. The molecule has 0 amide bonds. The largest absolute Gasteiger partial charge is 0.405 e. The van der Waals surface area contributed by atoms with Crippen molar-refractivity contribution in [3.63, 3.8) is 0 Å². The van der Waals surface area contributed by atoms with E-state index in [0.717, 1.165) is 12.1 Å². The molecule has 0 bridgehead atoms. The van der Waals surface area contributed by atoms with Gasteiger partial charge in [0.1, 0.15) is 0 Å². The van der Waals surface area contributed by atoms with E-state index in [1.165, 1.54) is 81.9 Å². The van der Waals surface area contributed by atoms with Crippen LogP contribution < -0.4 is 5.73 Å². The molecule has 0 aliphatic rings. The number of aromatic nitrogens is 1. The minimum atomic E-state index is 0.849. The predicted molar refractivity (Wildman–Crippen MR) is 210 cm³/mol. The molecule has 0 aliphatic carbocycles. The van der Waals surface area contributed by atoms with E-state index in [1.54, 1.807) is 6.20 Å². The van der Waals surface area contributed by atoms with Crippen LogP contribution in [0.3, 0.4) is 0 Å². The standard InChI is InChI=1S/C47H34N2/c48-28-10-2-3-12-33-20-24-41(43-17-9-8-16-40(33)43)38-22-26-44-45-27-23-37-30-36(35-19-18-32-11-6-7-13-34(32)29-35)21-25-42(37)47(45)49(46(44)31-38)39-14-4-1-5-15-39/h1-11,13-31H,12,48H2/b3-2-,28-10-. The molecule has 49 heavy (non-hydrogen) atoms. The van der Waals surface area contributed by atoms with Crippen molar-refractivity contribution >= 4 is 54.1 Å². The number of fused-ring (bicyclic) bond motifs is 7. The third kappa shape index (κ3) is 4.97. The summed E-state index contributed by atoms with van der Waals surface area (Å²) in [6.45, 7) is 0. The number of allylic oxidation sites excluding steroid dienone is 3. The van der Waals surface area contributed by atoms with E-state index >= 15 is 0 Å². The molecule has 9 aromatic rings. The molecule has 2 nitrogen and oxygen atoms in total. The van der Waals surface area contributed by atoms with Crippen molar-refractivity contribution in [3.8, 4) is 27.9 Å². The first-order valence-corrected chi connectivity index (χ1v) is 16.9. The fourth-order valence-electron chi connectivity index (χ4n) is 7.53. The number of nitrogens with zero attached hydrogens (tertiary/aromatic N) is 1.